The van der Waals surface area contributed by atoms with Gasteiger partial charge in [-0.1, -0.05) is 115 Å². The van der Waals surface area contributed by atoms with Gasteiger partial charge in [-0.25, -0.2) is 4.57 Å². The number of hydrogen-bond donors (Lipinski definition) is 6. The van der Waals surface area contributed by atoms with Crippen LogP contribution in [0.25, 0.3) is 0 Å². The molecule has 0 bridgehead atoms. The van der Waals surface area contributed by atoms with Crippen molar-refractivity contribution in [2.24, 2.45) is 0 Å². The fourth-order valence-corrected chi connectivity index (χ4v) is 6.68. The van der Waals surface area contributed by atoms with Crippen LogP contribution in [-0.2, 0) is 32.7 Å². The van der Waals surface area contributed by atoms with Crippen molar-refractivity contribution in [3.8, 4) is 0 Å². The first-order valence-corrected chi connectivity index (χ1v) is 21.3. The molecule has 0 heterocycles. The van der Waals surface area contributed by atoms with Crippen LogP contribution >= 0.6 is 7.82 Å². The Bertz CT molecular complexity index is 1080. The minimum absolute atomic E-state index is 0.0901. The van der Waals surface area contributed by atoms with Gasteiger partial charge in [0.15, 0.2) is 6.10 Å². The fourth-order valence-electron chi connectivity index (χ4n) is 5.70. The molecule has 0 aliphatic heterocycles. The van der Waals surface area contributed by atoms with Crippen LogP contribution in [0.4, 0.5) is 0 Å². The van der Waals surface area contributed by atoms with Gasteiger partial charge >= 0.3 is 19.8 Å². The highest BCUT2D eigenvalue weighted by Gasteiger charge is 2.51. The van der Waals surface area contributed by atoms with Crippen molar-refractivity contribution in [2.45, 2.75) is 185 Å². The molecule has 0 aromatic heterocycles. The van der Waals surface area contributed by atoms with Crippen LogP contribution in [0, 0.1) is 0 Å². The van der Waals surface area contributed by atoms with Crippen molar-refractivity contribution in [1.82, 2.24) is 0 Å². The minimum atomic E-state index is -5.11. The van der Waals surface area contributed by atoms with Crippen LogP contribution in [0.5, 0.6) is 0 Å². The third-order valence-corrected chi connectivity index (χ3v) is 9.97. The number of rotatable bonds is 31. The Morgan fingerprint density at radius 3 is 1.58 bits per heavy atom. The number of phosphoric acid groups is 1. The maximum atomic E-state index is 12.7. The second kappa shape index (κ2) is 30.3. The molecule has 1 aliphatic carbocycles. The molecule has 0 saturated heterocycles. The summed E-state index contributed by atoms with van der Waals surface area (Å²) >= 11 is 0. The monoisotopic (exact) mass is 776 g/mol. The molecule has 1 aliphatic rings. The standard InChI is InChI=1S/C39H69O13P/c1-3-5-7-9-11-12-13-14-15-16-17-18-19-20-22-23-25-27-32(40)49-29-31(51-33(41)28-26-24-21-10-8-6-4-2)30-50-53(47,48)52-39-37(45)35(43)34(42)36(44)38(39)46/h11-12,14-15,17-18,31,34-39,42-46H,3-10,13,16,19-30H2,1-2H3,(H,47,48)/b12-11+,15-14+,18-17+/t31-,34?,35-,36?,37?,38?,39?/m0/s1. The number of phosphoric ester groups is 1. The second-order valence-corrected chi connectivity index (χ2v) is 15.2. The Morgan fingerprint density at radius 2 is 1.02 bits per heavy atom. The lowest BCUT2D eigenvalue weighted by atomic mass is 9.85. The molecular formula is C39H69O13P. The summed E-state index contributed by atoms with van der Waals surface area (Å²) in [5.41, 5.74) is 0. The van der Waals surface area contributed by atoms with Crippen molar-refractivity contribution >= 4 is 19.8 Å². The van der Waals surface area contributed by atoms with Crippen LogP contribution in [0.15, 0.2) is 36.5 Å². The molecule has 53 heavy (non-hydrogen) atoms. The summed E-state index contributed by atoms with van der Waals surface area (Å²) in [4.78, 5) is 35.3. The maximum absolute atomic E-state index is 12.7. The third-order valence-electron chi connectivity index (χ3n) is 8.98. The molecule has 6 unspecified atom stereocenters. The van der Waals surface area contributed by atoms with Gasteiger partial charge in [-0.15, -0.1) is 0 Å². The molecule has 14 heteroatoms. The minimum Gasteiger partial charge on any atom is -0.462 e. The van der Waals surface area contributed by atoms with Crippen molar-refractivity contribution < 1.29 is 63.1 Å². The van der Waals surface area contributed by atoms with E-state index in [1.807, 2.05) is 0 Å². The number of carbonyl (C=O) groups excluding carboxylic acids is 2. The second-order valence-electron chi connectivity index (χ2n) is 13.8. The predicted octanol–water partition coefficient (Wildman–Crippen LogP) is 6.27. The zero-order chi connectivity index (χ0) is 39.3. The molecule has 13 nitrogen and oxygen atoms in total. The highest BCUT2D eigenvalue weighted by Crippen LogP contribution is 2.47. The summed E-state index contributed by atoms with van der Waals surface area (Å²) in [5, 5.41) is 49.8. The van der Waals surface area contributed by atoms with Crippen molar-refractivity contribution in [3.05, 3.63) is 36.5 Å². The lowest BCUT2D eigenvalue weighted by Crippen LogP contribution is -2.64. The molecule has 0 spiro atoms. The van der Waals surface area contributed by atoms with Gasteiger partial charge in [-0.2, -0.15) is 0 Å². The summed E-state index contributed by atoms with van der Waals surface area (Å²) in [6.45, 7) is 3.15. The number of carbonyl (C=O) groups is 2. The smallest absolute Gasteiger partial charge is 0.462 e. The average Bonchev–Trinajstić information content (AvgIpc) is 3.13. The summed E-state index contributed by atoms with van der Waals surface area (Å²) in [7, 11) is -5.11. The first-order valence-electron chi connectivity index (χ1n) is 19.8. The van der Waals surface area contributed by atoms with E-state index in [1.54, 1.807) is 0 Å². The van der Waals surface area contributed by atoms with Gasteiger partial charge in [0, 0.05) is 12.8 Å². The number of unbranched alkanes of at least 4 members (excludes halogenated alkanes) is 13. The average molecular weight is 777 g/mol. The van der Waals surface area contributed by atoms with E-state index in [9.17, 15) is 44.6 Å². The Balaban J connectivity index is 2.49. The van der Waals surface area contributed by atoms with Crippen LogP contribution in [-0.4, -0.2) is 98.3 Å². The van der Waals surface area contributed by atoms with Gasteiger partial charge in [-0.3, -0.25) is 18.6 Å². The van der Waals surface area contributed by atoms with E-state index >= 15 is 0 Å². The van der Waals surface area contributed by atoms with E-state index in [-0.39, 0.29) is 12.8 Å². The molecule has 8 atom stereocenters. The Kier molecular flexibility index (Phi) is 28.1. The van der Waals surface area contributed by atoms with E-state index in [0.29, 0.717) is 12.8 Å². The first kappa shape index (κ1) is 49.1. The Morgan fingerprint density at radius 1 is 0.585 bits per heavy atom. The summed E-state index contributed by atoms with van der Waals surface area (Å²) in [6, 6.07) is 0. The van der Waals surface area contributed by atoms with Gasteiger partial charge in [0.25, 0.3) is 0 Å². The van der Waals surface area contributed by atoms with Gasteiger partial charge in [0.2, 0.25) is 0 Å². The number of esters is 2. The summed E-state index contributed by atoms with van der Waals surface area (Å²) < 4.78 is 33.2. The number of ether oxygens (including phenoxy) is 2. The molecule has 0 aromatic rings. The van der Waals surface area contributed by atoms with Crippen LogP contribution in [0.1, 0.15) is 142 Å². The topological polar surface area (TPSA) is 210 Å². The summed E-state index contributed by atoms with van der Waals surface area (Å²) in [6.07, 6.45) is 18.2. The van der Waals surface area contributed by atoms with E-state index in [2.05, 4.69) is 50.3 Å². The van der Waals surface area contributed by atoms with Crippen LogP contribution in [0.3, 0.4) is 0 Å². The van der Waals surface area contributed by atoms with Crippen LogP contribution in [0.2, 0.25) is 0 Å². The first-order chi connectivity index (χ1) is 25.4. The predicted molar refractivity (Wildman–Crippen MR) is 203 cm³/mol. The Hall–Kier alpha value is -1.93. The van der Waals surface area contributed by atoms with Crippen molar-refractivity contribution in [1.29, 1.82) is 0 Å². The molecule has 1 fully saturated rings. The molecule has 308 valence electrons. The van der Waals surface area contributed by atoms with Gasteiger partial charge in [0.05, 0.1) is 6.61 Å². The lowest BCUT2D eigenvalue weighted by Gasteiger charge is -2.41. The highest BCUT2D eigenvalue weighted by atomic mass is 31.2. The number of aliphatic hydroxyl groups is 5. The SMILES string of the molecule is CCCCC/C=C/C/C=C/C/C=C/CCCCCCC(=O)OC[C@@H](COP(=O)(O)OC1C(O)C(O)C(O)[C@H](O)C1O)OC(=O)CCCCCCCCC. The molecule has 6 N–H and O–H groups in total. The molecule has 0 aromatic carbocycles. The maximum Gasteiger partial charge on any atom is 0.472 e. The lowest BCUT2D eigenvalue weighted by molar-refractivity contribution is -0.220. The number of hydrogen-bond acceptors (Lipinski definition) is 12. The fraction of sp³-hybridized carbons (Fsp3) is 0.795. The molecule has 0 amide bonds. The molecule has 1 rings (SSSR count). The van der Waals surface area contributed by atoms with Gasteiger partial charge < -0.3 is 39.9 Å². The third kappa shape index (κ3) is 23.6. The largest absolute Gasteiger partial charge is 0.472 e. The van der Waals surface area contributed by atoms with E-state index < -0.39 is 75.7 Å². The highest BCUT2D eigenvalue weighted by molar-refractivity contribution is 7.47. The van der Waals surface area contributed by atoms with E-state index in [4.69, 9.17) is 18.5 Å². The zero-order valence-corrected chi connectivity index (χ0v) is 32.9. The zero-order valence-electron chi connectivity index (χ0n) is 32.1. The number of aliphatic hydroxyl groups excluding tert-OH is 5. The van der Waals surface area contributed by atoms with E-state index in [0.717, 1.165) is 83.5 Å². The quantitative estimate of drug-likeness (QED) is 0.0199. The van der Waals surface area contributed by atoms with E-state index in [1.165, 1.54) is 19.3 Å². The Labute approximate surface area is 317 Å². The molecule has 0 radical (unpaired) electrons. The van der Waals surface area contributed by atoms with Gasteiger partial charge in [0.1, 0.15) is 43.2 Å². The summed E-state index contributed by atoms with van der Waals surface area (Å²) in [5.74, 6) is -1.13. The van der Waals surface area contributed by atoms with Gasteiger partial charge in [-0.05, 0) is 51.4 Å². The normalized spacial score (nSPS) is 23.8. The number of allylic oxidation sites excluding steroid dienone is 6. The van der Waals surface area contributed by atoms with Crippen LogP contribution < -0.4 is 0 Å². The van der Waals surface area contributed by atoms with Crippen molar-refractivity contribution in [3.63, 3.8) is 0 Å². The van der Waals surface area contributed by atoms with Crippen molar-refractivity contribution in [2.75, 3.05) is 13.2 Å². The molecule has 1 saturated carbocycles. The molecular weight excluding hydrogens is 707 g/mol.